The lowest BCUT2D eigenvalue weighted by Gasteiger charge is -2.42. The topological polar surface area (TPSA) is 25.2 Å². The highest BCUT2D eigenvalue weighted by molar-refractivity contribution is 6.09. The van der Waals surface area contributed by atoms with Gasteiger partial charge in [-0.2, -0.15) is 0 Å². The Kier molecular flexibility index (Phi) is 5.08. The summed E-state index contributed by atoms with van der Waals surface area (Å²) in [5.74, 6) is 0. The monoisotopic (exact) mass is 493 g/mol. The first-order valence-electron chi connectivity index (χ1n) is 14.1. The Morgan fingerprint density at radius 2 is 1.11 bits per heavy atom. The molecule has 4 aromatic rings. The fourth-order valence-electron chi connectivity index (χ4n) is 6.96. The molecule has 194 valence electrons. The van der Waals surface area contributed by atoms with E-state index >= 15 is 0 Å². The van der Waals surface area contributed by atoms with Gasteiger partial charge >= 0.3 is 0 Å². The minimum absolute atomic E-state index is 0.167. The number of nitrogens with one attached hydrogen (secondary N) is 1. The lowest BCUT2D eigenvalue weighted by atomic mass is 9.63. The van der Waals surface area contributed by atoms with Crippen LogP contribution in [0.5, 0.6) is 0 Å². The first-order chi connectivity index (χ1) is 17.2. The molecule has 1 heterocycles. The van der Waals surface area contributed by atoms with E-state index in [2.05, 4.69) is 110 Å². The van der Waals surface area contributed by atoms with Crippen LogP contribution in [0.2, 0.25) is 0 Å². The highest BCUT2D eigenvalue weighted by atomic mass is 16.3. The van der Waals surface area contributed by atoms with Crippen LogP contribution in [-0.4, -0.2) is 0 Å². The molecule has 0 spiro atoms. The van der Waals surface area contributed by atoms with Gasteiger partial charge in [-0.25, -0.2) is 0 Å². The van der Waals surface area contributed by atoms with E-state index < -0.39 is 0 Å². The summed E-state index contributed by atoms with van der Waals surface area (Å²) < 4.78 is 6.65. The maximum atomic E-state index is 6.65. The number of furan rings is 1. The number of hydrogen-bond donors (Lipinski definition) is 1. The number of rotatable bonds is 2. The van der Waals surface area contributed by atoms with Crippen LogP contribution in [0.3, 0.4) is 0 Å². The minimum Gasteiger partial charge on any atom is -0.454 e. The largest absolute Gasteiger partial charge is 0.454 e. The van der Waals surface area contributed by atoms with Gasteiger partial charge in [-0.15, -0.1) is 0 Å². The van der Waals surface area contributed by atoms with Gasteiger partial charge in [0, 0.05) is 16.5 Å². The Hall–Kier alpha value is -2.74. The molecule has 0 amide bonds. The first-order valence-corrected chi connectivity index (χ1v) is 14.1. The van der Waals surface area contributed by atoms with Crippen molar-refractivity contribution in [3.63, 3.8) is 0 Å². The minimum atomic E-state index is 0.167. The predicted octanol–water partition coefficient (Wildman–Crippen LogP) is 10.3. The number of fused-ring (bicyclic) bond motifs is 5. The van der Waals surface area contributed by atoms with Crippen molar-refractivity contribution < 1.29 is 4.42 Å². The van der Waals surface area contributed by atoms with Crippen molar-refractivity contribution in [1.29, 1.82) is 0 Å². The molecule has 2 heteroatoms. The standard InChI is InChI=1S/C35H43NO/c1-21-17-24-26(34(6,7)15-13-32(24,2)3)19-29(21)36-28-12-10-11-22-23-18-25-27(20-30(23)37-31(22)28)35(8,9)16-14-33(25,4)5/h10-12,17-20,36H,13-16H2,1-9H3. The number of para-hydroxylation sites is 1. The Morgan fingerprint density at radius 3 is 1.70 bits per heavy atom. The fourth-order valence-corrected chi connectivity index (χ4v) is 6.96. The second-order valence-corrected chi connectivity index (χ2v) is 14.6. The molecule has 2 aliphatic carbocycles. The molecular formula is C35H43NO. The van der Waals surface area contributed by atoms with E-state index in [9.17, 15) is 0 Å². The molecule has 1 aromatic heterocycles. The average Bonchev–Trinajstić information content (AvgIpc) is 3.19. The maximum absolute atomic E-state index is 6.65. The third-order valence-corrected chi connectivity index (χ3v) is 9.94. The molecule has 2 aliphatic rings. The molecule has 0 fully saturated rings. The van der Waals surface area contributed by atoms with Crippen molar-refractivity contribution in [2.75, 3.05) is 5.32 Å². The molecule has 3 aromatic carbocycles. The zero-order valence-electron chi connectivity index (χ0n) is 24.3. The van der Waals surface area contributed by atoms with E-state index in [0.717, 1.165) is 16.9 Å². The maximum Gasteiger partial charge on any atom is 0.158 e. The van der Waals surface area contributed by atoms with Crippen molar-refractivity contribution in [1.82, 2.24) is 0 Å². The molecule has 0 saturated carbocycles. The summed E-state index contributed by atoms with van der Waals surface area (Å²) in [6, 6.07) is 16.1. The number of hydrogen-bond acceptors (Lipinski definition) is 2. The third-order valence-electron chi connectivity index (χ3n) is 9.94. The smallest absolute Gasteiger partial charge is 0.158 e. The molecule has 0 bridgehead atoms. The van der Waals surface area contributed by atoms with Crippen molar-refractivity contribution >= 4 is 33.3 Å². The van der Waals surface area contributed by atoms with Crippen LogP contribution in [-0.2, 0) is 21.7 Å². The molecule has 0 saturated heterocycles. The van der Waals surface area contributed by atoms with Gasteiger partial charge in [-0.1, -0.05) is 73.6 Å². The van der Waals surface area contributed by atoms with Crippen LogP contribution in [0.1, 0.15) is 109 Å². The zero-order valence-corrected chi connectivity index (χ0v) is 24.3. The highest BCUT2D eigenvalue weighted by Crippen LogP contribution is 2.50. The molecule has 37 heavy (non-hydrogen) atoms. The van der Waals surface area contributed by atoms with E-state index in [1.165, 1.54) is 70.0 Å². The van der Waals surface area contributed by atoms with Gasteiger partial charge in [-0.3, -0.25) is 0 Å². The predicted molar refractivity (Wildman–Crippen MR) is 159 cm³/mol. The molecule has 1 N–H and O–H groups in total. The van der Waals surface area contributed by atoms with Gasteiger partial charge in [0.25, 0.3) is 0 Å². The summed E-state index contributed by atoms with van der Waals surface area (Å²) in [7, 11) is 0. The summed E-state index contributed by atoms with van der Waals surface area (Å²) in [6.07, 6.45) is 4.86. The molecule has 2 nitrogen and oxygen atoms in total. The molecule has 0 radical (unpaired) electrons. The summed E-state index contributed by atoms with van der Waals surface area (Å²) >= 11 is 0. The van der Waals surface area contributed by atoms with Crippen molar-refractivity contribution in [3.05, 3.63) is 70.3 Å². The van der Waals surface area contributed by atoms with Gasteiger partial charge in [-0.05, 0) is 106 Å². The quantitative estimate of drug-likeness (QED) is 0.300. The first kappa shape index (κ1) is 24.6. The van der Waals surface area contributed by atoms with Crippen LogP contribution in [0.25, 0.3) is 21.9 Å². The number of anilines is 2. The van der Waals surface area contributed by atoms with Gasteiger partial charge < -0.3 is 9.73 Å². The summed E-state index contributed by atoms with van der Waals surface area (Å²) in [6.45, 7) is 21.4. The van der Waals surface area contributed by atoms with E-state index in [-0.39, 0.29) is 21.7 Å². The van der Waals surface area contributed by atoms with Crippen LogP contribution in [0, 0.1) is 6.92 Å². The summed E-state index contributed by atoms with van der Waals surface area (Å²) in [4.78, 5) is 0. The van der Waals surface area contributed by atoms with Crippen molar-refractivity contribution in [2.24, 2.45) is 0 Å². The van der Waals surface area contributed by atoms with Gasteiger partial charge in [0.15, 0.2) is 5.58 Å². The zero-order chi connectivity index (χ0) is 26.5. The molecule has 0 atom stereocenters. The van der Waals surface area contributed by atoms with Crippen LogP contribution >= 0.6 is 0 Å². The SMILES string of the molecule is Cc1cc2c(cc1Nc1cccc3c1oc1cc4c(cc13)C(C)(C)CCC4(C)C)C(C)(C)CCC2(C)C. The van der Waals surface area contributed by atoms with Crippen molar-refractivity contribution in [3.8, 4) is 0 Å². The average molecular weight is 494 g/mol. The van der Waals surface area contributed by atoms with Crippen LogP contribution < -0.4 is 5.32 Å². The Bertz CT molecular complexity index is 1560. The van der Waals surface area contributed by atoms with Gasteiger partial charge in [0.1, 0.15) is 5.58 Å². The van der Waals surface area contributed by atoms with Crippen LogP contribution in [0.15, 0.2) is 46.9 Å². The summed E-state index contributed by atoms with van der Waals surface area (Å²) in [5, 5.41) is 6.22. The normalized spacial score (nSPS) is 21.0. The molecular weight excluding hydrogens is 450 g/mol. The van der Waals surface area contributed by atoms with E-state index in [0.29, 0.717) is 0 Å². The molecule has 0 unspecified atom stereocenters. The Morgan fingerprint density at radius 1 is 0.595 bits per heavy atom. The van der Waals surface area contributed by atoms with Gasteiger partial charge in [0.05, 0.1) is 5.69 Å². The third kappa shape index (κ3) is 3.74. The lowest BCUT2D eigenvalue weighted by molar-refractivity contribution is 0.332. The second-order valence-electron chi connectivity index (χ2n) is 14.6. The van der Waals surface area contributed by atoms with E-state index in [1.54, 1.807) is 0 Å². The number of aryl methyl sites for hydroxylation is 1. The molecule has 0 aliphatic heterocycles. The van der Waals surface area contributed by atoms with E-state index in [1.807, 2.05) is 0 Å². The second kappa shape index (κ2) is 7.65. The fraction of sp³-hybridized carbons (Fsp3) is 0.486. The Labute approximate surface area is 222 Å². The summed E-state index contributed by atoms with van der Waals surface area (Å²) in [5.41, 5.74) is 12.1. The van der Waals surface area contributed by atoms with Crippen LogP contribution in [0.4, 0.5) is 11.4 Å². The molecule has 6 rings (SSSR count). The highest BCUT2D eigenvalue weighted by Gasteiger charge is 2.39. The Balaban J connectivity index is 1.50. The lowest BCUT2D eigenvalue weighted by Crippen LogP contribution is -2.34. The van der Waals surface area contributed by atoms with E-state index in [4.69, 9.17) is 4.42 Å². The number of benzene rings is 3. The van der Waals surface area contributed by atoms with Gasteiger partial charge in [0.2, 0.25) is 0 Å². The van der Waals surface area contributed by atoms with Crippen molar-refractivity contribution in [2.45, 2.75) is 110 Å².